The van der Waals surface area contributed by atoms with Crippen molar-refractivity contribution >= 4 is 16.8 Å². The number of para-hydroxylation sites is 1. The van der Waals surface area contributed by atoms with Crippen LogP contribution in [-0.2, 0) is 17.9 Å². The minimum atomic E-state index is -0.197. The van der Waals surface area contributed by atoms with Gasteiger partial charge in [-0.05, 0) is 24.3 Å². The molecule has 0 aliphatic rings. The van der Waals surface area contributed by atoms with Gasteiger partial charge in [-0.15, -0.1) is 0 Å². The number of hydrogen-bond donors (Lipinski definition) is 1. The molecule has 8 heteroatoms. The number of aryl methyl sites for hydroxylation is 1. The molecule has 0 saturated heterocycles. The Morgan fingerprint density at radius 3 is 2.89 bits per heavy atom. The standard InChI is InChI=1S/C19H16N4O4/c24-18(20-11-13-10-17(27-22-13)16-6-3-9-26-16)7-8-23-12-21-15-5-2-1-4-14(15)19(23)25/h1-6,9-10,12H,7-8,11H2,(H,20,24). The minimum Gasteiger partial charge on any atom is -0.461 e. The van der Waals surface area contributed by atoms with E-state index in [-0.39, 0.29) is 31.0 Å². The highest BCUT2D eigenvalue weighted by molar-refractivity contribution is 5.77. The Hall–Kier alpha value is -3.68. The van der Waals surface area contributed by atoms with Gasteiger partial charge in [0.15, 0.2) is 5.76 Å². The van der Waals surface area contributed by atoms with Gasteiger partial charge < -0.3 is 14.3 Å². The number of carbonyl (C=O) groups excluding carboxylic acids is 1. The van der Waals surface area contributed by atoms with Gasteiger partial charge in [0.1, 0.15) is 5.69 Å². The van der Waals surface area contributed by atoms with Gasteiger partial charge in [-0.25, -0.2) is 4.98 Å². The van der Waals surface area contributed by atoms with Crippen molar-refractivity contribution in [3.63, 3.8) is 0 Å². The summed E-state index contributed by atoms with van der Waals surface area (Å²) in [6.45, 7) is 0.479. The molecule has 0 aliphatic heterocycles. The highest BCUT2D eigenvalue weighted by Crippen LogP contribution is 2.20. The van der Waals surface area contributed by atoms with Crippen molar-refractivity contribution in [2.24, 2.45) is 0 Å². The lowest BCUT2D eigenvalue weighted by Gasteiger charge is -2.07. The number of fused-ring (bicyclic) bond motifs is 1. The lowest BCUT2D eigenvalue weighted by atomic mass is 10.2. The summed E-state index contributed by atoms with van der Waals surface area (Å²) < 4.78 is 11.8. The number of nitrogens with zero attached hydrogens (tertiary/aromatic N) is 3. The first-order valence-corrected chi connectivity index (χ1v) is 8.41. The predicted molar refractivity (Wildman–Crippen MR) is 96.7 cm³/mol. The second-order valence-electron chi connectivity index (χ2n) is 5.95. The smallest absolute Gasteiger partial charge is 0.261 e. The van der Waals surface area contributed by atoms with Crippen LogP contribution in [0, 0.1) is 0 Å². The highest BCUT2D eigenvalue weighted by Gasteiger charge is 2.11. The first-order valence-electron chi connectivity index (χ1n) is 8.41. The maximum absolute atomic E-state index is 12.4. The Bertz CT molecular complexity index is 1130. The monoisotopic (exact) mass is 364 g/mol. The van der Waals surface area contributed by atoms with Crippen LogP contribution in [0.15, 0.2) is 68.8 Å². The van der Waals surface area contributed by atoms with Gasteiger partial charge in [-0.1, -0.05) is 17.3 Å². The second-order valence-corrected chi connectivity index (χ2v) is 5.95. The molecule has 136 valence electrons. The molecule has 3 heterocycles. The molecule has 0 bridgehead atoms. The fourth-order valence-electron chi connectivity index (χ4n) is 2.69. The van der Waals surface area contributed by atoms with E-state index in [0.29, 0.717) is 28.1 Å². The number of hydrogen-bond acceptors (Lipinski definition) is 6. The van der Waals surface area contributed by atoms with Crippen LogP contribution in [0.3, 0.4) is 0 Å². The number of aromatic nitrogens is 3. The fraction of sp³-hybridized carbons (Fsp3) is 0.158. The minimum absolute atomic E-state index is 0.156. The van der Waals surface area contributed by atoms with Crippen molar-refractivity contribution in [2.45, 2.75) is 19.5 Å². The third-order valence-electron chi connectivity index (χ3n) is 4.10. The molecule has 1 amide bonds. The van der Waals surface area contributed by atoms with Gasteiger partial charge in [0, 0.05) is 19.0 Å². The van der Waals surface area contributed by atoms with Crippen LogP contribution in [0.4, 0.5) is 0 Å². The molecule has 27 heavy (non-hydrogen) atoms. The highest BCUT2D eigenvalue weighted by atomic mass is 16.5. The molecule has 8 nitrogen and oxygen atoms in total. The molecule has 4 aromatic rings. The van der Waals surface area contributed by atoms with Crippen LogP contribution in [-0.4, -0.2) is 20.6 Å². The Morgan fingerprint density at radius 1 is 1.15 bits per heavy atom. The van der Waals surface area contributed by atoms with E-state index in [1.165, 1.54) is 10.9 Å². The van der Waals surface area contributed by atoms with Gasteiger partial charge in [0.25, 0.3) is 5.56 Å². The average Bonchev–Trinajstić information content (AvgIpc) is 3.37. The average molecular weight is 364 g/mol. The zero-order chi connectivity index (χ0) is 18.6. The second kappa shape index (κ2) is 7.28. The molecule has 0 unspecified atom stereocenters. The van der Waals surface area contributed by atoms with E-state index >= 15 is 0 Å². The molecule has 1 aromatic carbocycles. The third kappa shape index (κ3) is 3.64. The molecular weight excluding hydrogens is 348 g/mol. The summed E-state index contributed by atoms with van der Waals surface area (Å²) in [5.41, 5.74) is 1.06. The van der Waals surface area contributed by atoms with E-state index in [0.717, 1.165) is 0 Å². The van der Waals surface area contributed by atoms with Gasteiger partial charge in [-0.3, -0.25) is 14.2 Å². The Labute approximate surface area is 153 Å². The van der Waals surface area contributed by atoms with Crippen molar-refractivity contribution < 1.29 is 13.7 Å². The van der Waals surface area contributed by atoms with E-state index in [2.05, 4.69) is 15.5 Å². The molecular formula is C19H16N4O4. The Balaban J connectivity index is 1.34. The number of rotatable bonds is 6. The maximum Gasteiger partial charge on any atom is 0.261 e. The van der Waals surface area contributed by atoms with E-state index in [1.54, 1.807) is 42.7 Å². The summed E-state index contributed by atoms with van der Waals surface area (Å²) in [4.78, 5) is 28.7. The number of amides is 1. The molecule has 3 aromatic heterocycles. The van der Waals surface area contributed by atoms with E-state index in [9.17, 15) is 9.59 Å². The van der Waals surface area contributed by atoms with E-state index < -0.39 is 0 Å². The first-order chi connectivity index (χ1) is 13.2. The molecule has 4 rings (SSSR count). The Kier molecular flexibility index (Phi) is 4.52. The van der Waals surface area contributed by atoms with Crippen LogP contribution < -0.4 is 10.9 Å². The summed E-state index contributed by atoms with van der Waals surface area (Å²) in [6, 6.07) is 12.3. The molecule has 0 atom stereocenters. The van der Waals surface area contributed by atoms with Crippen molar-refractivity contribution in [3.8, 4) is 11.5 Å². The molecule has 0 aliphatic carbocycles. The van der Waals surface area contributed by atoms with Crippen LogP contribution in [0.5, 0.6) is 0 Å². The van der Waals surface area contributed by atoms with Gasteiger partial charge in [-0.2, -0.15) is 0 Å². The summed E-state index contributed by atoms with van der Waals surface area (Å²) >= 11 is 0. The number of benzene rings is 1. The largest absolute Gasteiger partial charge is 0.461 e. The normalized spacial score (nSPS) is 11.0. The van der Waals surface area contributed by atoms with Crippen LogP contribution >= 0.6 is 0 Å². The van der Waals surface area contributed by atoms with Crippen LogP contribution in [0.1, 0.15) is 12.1 Å². The van der Waals surface area contributed by atoms with Crippen molar-refractivity contribution in [1.29, 1.82) is 0 Å². The quantitative estimate of drug-likeness (QED) is 0.563. The van der Waals surface area contributed by atoms with E-state index in [4.69, 9.17) is 8.94 Å². The van der Waals surface area contributed by atoms with E-state index in [1.807, 2.05) is 6.07 Å². The fourth-order valence-corrected chi connectivity index (χ4v) is 2.69. The van der Waals surface area contributed by atoms with Gasteiger partial charge in [0.2, 0.25) is 11.7 Å². The van der Waals surface area contributed by atoms with Gasteiger partial charge in [0.05, 0.1) is 30.0 Å². The number of nitrogens with one attached hydrogen (secondary N) is 1. The van der Waals surface area contributed by atoms with Crippen LogP contribution in [0.25, 0.3) is 22.4 Å². The van der Waals surface area contributed by atoms with Crippen LogP contribution in [0.2, 0.25) is 0 Å². The first kappa shape index (κ1) is 16.8. The van der Waals surface area contributed by atoms with Crippen molar-refractivity contribution in [2.75, 3.05) is 0 Å². The summed E-state index contributed by atoms with van der Waals surface area (Å²) in [6.07, 6.45) is 3.16. The Morgan fingerprint density at radius 2 is 2.04 bits per heavy atom. The van der Waals surface area contributed by atoms with Crippen molar-refractivity contribution in [1.82, 2.24) is 20.0 Å². The predicted octanol–water partition coefficient (Wildman–Crippen LogP) is 2.35. The summed E-state index contributed by atoms with van der Waals surface area (Å²) in [5, 5.41) is 7.19. The molecule has 0 fully saturated rings. The molecule has 1 N–H and O–H groups in total. The summed E-state index contributed by atoms with van der Waals surface area (Å²) in [7, 11) is 0. The third-order valence-corrected chi connectivity index (χ3v) is 4.10. The molecule has 0 saturated carbocycles. The molecule has 0 radical (unpaired) electrons. The molecule has 0 spiro atoms. The number of furan rings is 1. The zero-order valence-corrected chi connectivity index (χ0v) is 14.3. The van der Waals surface area contributed by atoms with Crippen molar-refractivity contribution in [3.05, 3.63) is 71.1 Å². The maximum atomic E-state index is 12.4. The summed E-state index contributed by atoms with van der Waals surface area (Å²) in [5.74, 6) is 0.874. The SMILES string of the molecule is O=C(CCn1cnc2ccccc2c1=O)NCc1cc(-c2ccco2)on1. The lowest BCUT2D eigenvalue weighted by Crippen LogP contribution is -2.27. The lowest BCUT2D eigenvalue weighted by molar-refractivity contribution is -0.121. The zero-order valence-electron chi connectivity index (χ0n) is 14.3. The van der Waals surface area contributed by atoms with Gasteiger partial charge >= 0.3 is 0 Å². The topological polar surface area (TPSA) is 103 Å². The number of carbonyl (C=O) groups is 1.